The van der Waals surface area contributed by atoms with Gasteiger partial charge in [0.15, 0.2) is 0 Å². The van der Waals surface area contributed by atoms with E-state index in [0.717, 1.165) is 19.3 Å². The van der Waals surface area contributed by atoms with Crippen LogP contribution in [0.25, 0.3) is 0 Å². The molecule has 0 bridgehead atoms. The van der Waals surface area contributed by atoms with Crippen LogP contribution in [-0.2, 0) is 0 Å². The molecule has 0 aliphatic rings. The monoisotopic (exact) mass is 234 g/mol. The molecule has 0 saturated carbocycles. The molecule has 1 unspecified atom stereocenters. The van der Waals surface area contributed by atoms with Crippen LogP contribution in [0.5, 0.6) is 0 Å². The van der Waals surface area contributed by atoms with Crippen molar-refractivity contribution < 1.29 is 19.8 Å². The van der Waals surface area contributed by atoms with Crippen LogP contribution in [0.1, 0.15) is 25.7 Å². The molecule has 94 valence electrons. The van der Waals surface area contributed by atoms with Gasteiger partial charge in [-0.3, -0.25) is 5.43 Å². The molecule has 0 saturated heterocycles. The molecule has 1 atom stereocenters. The number of carboxylic acid groups (broad SMARTS) is 2. The first-order chi connectivity index (χ1) is 7.56. The summed E-state index contributed by atoms with van der Waals surface area (Å²) < 4.78 is 0. The summed E-state index contributed by atoms with van der Waals surface area (Å²) in [5.74, 6) is 0. The predicted octanol–water partition coefficient (Wildman–Crippen LogP) is -0.129. The maximum atomic E-state index is 10.4. The largest absolute Gasteiger partial charge is 0.465 e. The van der Waals surface area contributed by atoms with E-state index in [9.17, 15) is 9.59 Å². The highest BCUT2D eigenvalue weighted by molar-refractivity contribution is 5.65. The van der Waals surface area contributed by atoms with Gasteiger partial charge in [-0.05, 0) is 25.8 Å². The Kier molecular flexibility index (Phi) is 7.90. The number of nitrogens with two attached hydrogens (primary N) is 1. The third-order valence-corrected chi connectivity index (χ3v) is 1.85. The van der Waals surface area contributed by atoms with Crippen LogP contribution in [0.15, 0.2) is 0 Å². The normalized spacial score (nSPS) is 11.8. The van der Waals surface area contributed by atoms with E-state index in [4.69, 9.17) is 15.9 Å². The minimum absolute atomic E-state index is 0.493. The second-order valence-electron chi connectivity index (χ2n) is 3.21. The number of amides is 2. The lowest BCUT2D eigenvalue weighted by molar-refractivity contribution is 0.172. The smallest absolute Gasteiger partial charge is 0.419 e. The third kappa shape index (κ3) is 9.03. The molecule has 0 spiro atoms. The van der Waals surface area contributed by atoms with Crippen molar-refractivity contribution in [3.05, 3.63) is 0 Å². The molecule has 0 heterocycles. The average molecular weight is 234 g/mol. The summed E-state index contributed by atoms with van der Waals surface area (Å²) in [5.41, 5.74) is 9.57. The van der Waals surface area contributed by atoms with Crippen LogP contribution in [-0.4, -0.2) is 35.1 Å². The van der Waals surface area contributed by atoms with E-state index in [1.807, 2.05) is 5.43 Å². The first-order valence-electron chi connectivity index (χ1n) is 5.00. The van der Waals surface area contributed by atoms with Gasteiger partial charge < -0.3 is 21.3 Å². The van der Waals surface area contributed by atoms with E-state index in [-0.39, 0.29) is 0 Å². The van der Waals surface area contributed by atoms with Crippen molar-refractivity contribution in [2.24, 2.45) is 5.73 Å². The van der Waals surface area contributed by atoms with E-state index < -0.39 is 18.4 Å². The molecule has 2 amide bonds. The summed E-state index contributed by atoms with van der Waals surface area (Å²) in [6, 6.07) is 0. The van der Waals surface area contributed by atoms with Crippen molar-refractivity contribution in [3.8, 4) is 0 Å². The summed E-state index contributed by atoms with van der Waals surface area (Å²) in [5, 5.41) is 19.0. The number of hydrogen-bond donors (Lipinski definition) is 6. The van der Waals surface area contributed by atoms with Gasteiger partial charge in [0.05, 0.1) is 6.17 Å². The fourth-order valence-corrected chi connectivity index (χ4v) is 1.15. The van der Waals surface area contributed by atoms with Gasteiger partial charge in [-0.2, -0.15) is 0 Å². The van der Waals surface area contributed by atoms with Crippen molar-refractivity contribution in [1.29, 1.82) is 0 Å². The highest BCUT2D eigenvalue weighted by atomic mass is 16.4. The van der Waals surface area contributed by atoms with Gasteiger partial charge in [-0.25, -0.2) is 15.0 Å². The van der Waals surface area contributed by atoms with Crippen LogP contribution in [0.3, 0.4) is 0 Å². The fourth-order valence-electron chi connectivity index (χ4n) is 1.15. The Morgan fingerprint density at radius 3 is 2.31 bits per heavy atom. The molecule has 16 heavy (non-hydrogen) atoms. The number of nitrogens with one attached hydrogen (secondary N) is 3. The third-order valence-electron chi connectivity index (χ3n) is 1.85. The SMILES string of the molecule is NCCCCCC(NNC(=O)O)NC(=O)O. The van der Waals surface area contributed by atoms with E-state index in [1.165, 1.54) is 0 Å². The Labute approximate surface area is 93.2 Å². The van der Waals surface area contributed by atoms with Crippen LogP contribution in [0, 0.1) is 0 Å². The predicted molar refractivity (Wildman–Crippen MR) is 56.8 cm³/mol. The molecule has 8 nitrogen and oxygen atoms in total. The number of hydrazine groups is 1. The van der Waals surface area contributed by atoms with Crippen LogP contribution in [0.4, 0.5) is 9.59 Å². The first-order valence-corrected chi connectivity index (χ1v) is 5.00. The molecule has 0 fully saturated rings. The van der Waals surface area contributed by atoms with Crippen molar-refractivity contribution in [3.63, 3.8) is 0 Å². The number of rotatable bonds is 8. The zero-order chi connectivity index (χ0) is 12.4. The van der Waals surface area contributed by atoms with Crippen molar-refractivity contribution >= 4 is 12.2 Å². The summed E-state index contributed by atoms with van der Waals surface area (Å²) in [6.45, 7) is 0.595. The van der Waals surface area contributed by atoms with Crippen LogP contribution in [0.2, 0.25) is 0 Å². The number of carbonyl (C=O) groups is 2. The highest BCUT2D eigenvalue weighted by Crippen LogP contribution is 2.00. The van der Waals surface area contributed by atoms with Gasteiger partial charge in [0.1, 0.15) is 0 Å². The molecule has 0 rings (SSSR count). The van der Waals surface area contributed by atoms with Crippen molar-refractivity contribution in [1.82, 2.24) is 16.2 Å². The van der Waals surface area contributed by atoms with Crippen molar-refractivity contribution in [2.75, 3.05) is 6.54 Å². The first kappa shape index (κ1) is 14.5. The summed E-state index contributed by atoms with van der Waals surface area (Å²) in [7, 11) is 0. The van der Waals surface area contributed by atoms with Gasteiger partial charge in [0.25, 0.3) is 0 Å². The number of unbranched alkanes of at least 4 members (excludes halogenated alkanes) is 2. The lowest BCUT2D eigenvalue weighted by Crippen LogP contribution is -2.52. The van der Waals surface area contributed by atoms with Crippen molar-refractivity contribution in [2.45, 2.75) is 31.8 Å². The molecular weight excluding hydrogens is 216 g/mol. The zero-order valence-electron chi connectivity index (χ0n) is 8.90. The van der Waals surface area contributed by atoms with E-state index >= 15 is 0 Å². The van der Waals surface area contributed by atoms with Gasteiger partial charge >= 0.3 is 12.2 Å². The standard InChI is InChI=1S/C8H18N4O4/c9-5-3-1-2-4-6(10-7(13)14)11-12-8(15)16/h6,10-12H,1-5,9H2,(H,13,14)(H,15,16). The Hall–Kier alpha value is -1.54. The molecule has 0 aliphatic heterocycles. The molecule has 0 aromatic carbocycles. The minimum atomic E-state index is -1.26. The number of hydrogen-bond acceptors (Lipinski definition) is 4. The molecule has 8 heteroatoms. The molecule has 0 aromatic rings. The van der Waals surface area contributed by atoms with Gasteiger partial charge in [0.2, 0.25) is 0 Å². The Bertz CT molecular complexity index is 224. The van der Waals surface area contributed by atoms with E-state index in [1.54, 1.807) is 0 Å². The van der Waals surface area contributed by atoms with Gasteiger partial charge in [0, 0.05) is 0 Å². The van der Waals surface area contributed by atoms with Gasteiger partial charge in [-0.1, -0.05) is 6.42 Å². The average Bonchev–Trinajstić information content (AvgIpc) is 2.19. The summed E-state index contributed by atoms with van der Waals surface area (Å²) in [6.07, 6.45) is -0.105. The molecule has 0 radical (unpaired) electrons. The fraction of sp³-hybridized carbons (Fsp3) is 0.750. The molecule has 7 N–H and O–H groups in total. The van der Waals surface area contributed by atoms with E-state index in [2.05, 4.69) is 10.7 Å². The quantitative estimate of drug-likeness (QED) is 0.197. The Balaban J connectivity index is 3.80. The molecule has 0 aromatic heterocycles. The Morgan fingerprint density at radius 1 is 1.12 bits per heavy atom. The second kappa shape index (κ2) is 8.74. The van der Waals surface area contributed by atoms with E-state index in [0.29, 0.717) is 13.0 Å². The highest BCUT2D eigenvalue weighted by Gasteiger charge is 2.10. The van der Waals surface area contributed by atoms with Crippen LogP contribution < -0.4 is 21.9 Å². The molecule has 0 aliphatic carbocycles. The maximum absolute atomic E-state index is 10.4. The Morgan fingerprint density at radius 2 is 1.81 bits per heavy atom. The topological polar surface area (TPSA) is 137 Å². The van der Waals surface area contributed by atoms with Gasteiger partial charge in [-0.15, -0.1) is 0 Å². The zero-order valence-corrected chi connectivity index (χ0v) is 8.90. The summed E-state index contributed by atoms with van der Waals surface area (Å²) in [4.78, 5) is 20.6. The minimum Gasteiger partial charge on any atom is -0.465 e. The summed E-state index contributed by atoms with van der Waals surface area (Å²) >= 11 is 0. The second-order valence-corrected chi connectivity index (χ2v) is 3.21. The maximum Gasteiger partial charge on any atom is 0.419 e. The molecular formula is C8H18N4O4. The lowest BCUT2D eigenvalue weighted by Gasteiger charge is -2.17. The lowest BCUT2D eigenvalue weighted by atomic mass is 10.1. The van der Waals surface area contributed by atoms with Crippen LogP contribution >= 0.6 is 0 Å².